The molecule has 8 nitrogen and oxygen atoms in total. The standard InChI is InChI=1S/C20H17F2N5O3/c1-26-16-9-23-18(22)7-17(16)30-11-15(19(26)28)25-20(29)27-10-13(8-24-27)5-12-3-2-4-14(21)6-12/h2-4,6-10,15H,5,11H2,1H3,(H,25,29)/t15-/m0/s1. The maximum Gasteiger partial charge on any atom is 0.342 e. The summed E-state index contributed by atoms with van der Waals surface area (Å²) in [5.74, 6) is -1.36. The quantitative estimate of drug-likeness (QED) is 0.665. The van der Waals surface area contributed by atoms with E-state index >= 15 is 0 Å². The molecule has 1 aliphatic rings. The van der Waals surface area contributed by atoms with Crippen molar-refractivity contribution in [1.29, 1.82) is 0 Å². The van der Waals surface area contributed by atoms with Crippen LogP contribution in [0, 0.1) is 11.8 Å². The minimum absolute atomic E-state index is 0.159. The van der Waals surface area contributed by atoms with Crippen molar-refractivity contribution in [2.24, 2.45) is 0 Å². The molecule has 3 heterocycles. The monoisotopic (exact) mass is 413 g/mol. The Balaban J connectivity index is 1.45. The van der Waals surface area contributed by atoms with Crippen LogP contribution in [0.1, 0.15) is 11.1 Å². The van der Waals surface area contributed by atoms with Gasteiger partial charge in [-0.05, 0) is 23.3 Å². The number of rotatable bonds is 3. The van der Waals surface area contributed by atoms with Crippen LogP contribution in [-0.4, -0.2) is 46.4 Å². The van der Waals surface area contributed by atoms with Crippen molar-refractivity contribution in [3.8, 4) is 5.75 Å². The molecule has 0 saturated heterocycles. The molecular weight excluding hydrogens is 396 g/mol. The normalized spacial score (nSPS) is 15.9. The number of amides is 2. The van der Waals surface area contributed by atoms with Crippen molar-refractivity contribution in [2.45, 2.75) is 12.5 Å². The predicted molar refractivity (Wildman–Crippen MR) is 102 cm³/mol. The average Bonchev–Trinajstić information content (AvgIpc) is 3.14. The lowest BCUT2D eigenvalue weighted by Gasteiger charge is -2.19. The van der Waals surface area contributed by atoms with Gasteiger partial charge >= 0.3 is 6.03 Å². The Kier molecular flexibility index (Phi) is 5.13. The zero-order valence-corrected chi connectivity index (χ0v) is 15.9. The molecule has 0 bridgehead atoms. The minimum Gasteiger partial charge on any atom is -0.488 e. The van der Waals surface area contributed by atoms with Crippen LogP contribution in [0.4, 0.5) is 19.3 Å². The van der Waals surface area contributed by atoms with Crippen molar-refractivity contribution in [3.05, 3.63) is 71.8 Å². The number of pyridine rings is 1. The van der Waals surface area contributed by atoms with E-state index < -0.39 is 23.9 Å². The molecule has 1 aliphatic heterocycles. The van der Waals surface area contributed by atoms with Crippen molar-refractivity contribution in [3.63, 3.8) is 0 Å². The molecular formula is C20H17F2N5O3. The number of benzene rings is 1. The number of aromatic nitrogens is 3. The molecule has 0 saturated carbocycles. The van der Waals surface area contributed by atoms with E-state index in [9.17, 15) is 18.4 Å². The van der Waals surface area contributed by atoms with Gasteiger partial charge in [0, 0.05) is 25.7 Å². The Bertz CT molecular complexity index is 1120. The summed E-state index contributed by atoms with van der Waals surface area (Å²) in [5, 5.41) is 6.57. The van der Waals surface area contributed by atoms with Crippen LogP contribution in [-0.2, 0) is 11.2 Å². The molecule has 10 heteroatoms. The van der Waals surface area contributed by atoms with E-state index in [0.717, 1.165) is 16.3 Å². The second-order valence-electron chi connectivity index (χ2n) is 6.78. The van der Waals surface area contributed by atoms with Gasteiger partial charge < -0.3 is 15.0 Å². The van der Waals surface area contributed by atoms with Crippen molar-refractivity contribution >= 4 is 17.6 Å². The summed E-state index contributed by atoms with van der Waals surface area (Å²) in [5.41, 5.74) is 1.74. The number of anilines is 1. The van der Waals surface area contributed by atoms with Crippen LogP contribution in [0.3, 0.4) is 0 Å². The van der Waals surface area contributed by atoms with Crippen molar-refractivity contribution in [1.82, 2.24) is 20.1 Å². The fourth-order valence-corrected chi connectivity index (χ4v) is 3.13. The molecule has 3 aromatic rings. The second-order valence-corrected chi connectivity index (χ2v) is 6.78. The van der Waals surface area contributed by atoms with Crippen LogP contribution in [0.25, 0.3) is 0 Å². The number of hydrogen-bond donors (Lipinski definition) is 1. The third kappa shape index (κ3) is 3.97. The van der Waals surface area contributed by atoms with Crippen LogP contribution in [0.5, 0.6) is 5.75 Å². The first-order valence-electron chi connectivity index (χ1n) is 9.05. The first-order chi connectivity index (χ1) is 14.4. The summed E-state index contributed by atoms with van der Waals surface area (Å²) in [6, 6.07) is 5.58. The number of nitrogens with zero attached hydrogens (tertiary/aromatic N) is 4. The molecule has 4 rings (SSSR count). The Hall–Kier alpha value is -3.82. The summed E-state index contributed by atoms with van der Waals surface area (Å²) in [6.07, 6.45) is 4.58. The fraction of sp³-hybridized carbons (Fsp3) is 0.200. The van der Waals surface area contributed by atoms with Gasteiger partial charge in [-0.15, -0.1) is 0 Å². The number of carbonyl (C=O) groups excluding carboxylic acids is 2. The molecule has 0 radical (unpaired) electrons. The lowest BCUT2D eigenvalue weighted by atomic mass is 10.1. The second kappa shape index (κ2) is 7.90. The molecule has 0 spiro atoms. The van der Waals surface area contributed by atoms with Gasteiger partial charge in [-0.1, -0.05) is 12.1 Å². The highest BCUT2D eigenvalue weighted by Crippen LogP contribution is 2.29. The number of ether oxygens (including phenoxy) is 1. The average molecular weight is 413 g/mol. The maximum absolute atomic E-state index is 13.4. The van der Waals surface area contributed by atoms with E-state index in [4.69, 9.17) is 4.74 Å². The SMILES string of the molecule is CN1C(=O)[C@@H](NC(=O)n2cc(Cc3cccc(F)c3)cn2)COc2cc(F)ncc21. The topological polar surface area (TPSA) is 89.4 Å². The summed E-state index contributed by atoms with van der Waals surface area (Å²) in [7, 11) is 1.49. The lowest BCUT2D eigenvalue weighted by molar-refractivity contribution is -0.120. The van der Waals surface area contributed by atoms with Crippen LogP contribution < -0.4 is 15.0 Å². The van der Waals surface area contributed by atoms with E-state index in [1.54, 1.807) is 12.1 Å². The van der Waals surface area contributed by atoms with Crippen LogP contribution in [0.2, 0.25) is 0 Å². The minimum atomic E-state index is -1.01. The van der Waals surface area contributed by atoms with Crippen molar-refractivity contribution < 1.29 is 23.1 Å². The lowest BCUT2D eigenvalue weighted by Crippen LogP contribution is -2.50. The predicted octanol–water partition coefficient (Wildman–Crippen LogP) is 2.13. The summed E-state index contributed by atoms with van der Waals surface area (Å²) in [6.45, 7) is -0.178. The van der Waals surface area contributed by atoms with E-state index in [1.165, 1.54) is 42.7 Å². The van der Waals surface area contributed by atoms with Gasteiger partial charge in [-0.25, -0.2) is 14.2 Å². The molecule has 0 aliphatic carbocycles. The maximum atomic E-state index is 13.4. The summed E-state index contributed by atoms with van der Waals surface area (Å²) in [4.78, 5) is 30.0. The zero-order valence-electron chi connectivity index (χ0n) is 15.9. The molecule has 154 valence electrons. The van der Waals surface area contributed by atoms with Gasteiger partial charge in [-0.2, -0.15) is 14.2 Å². The molecule has 1 atom stereocenters. The Morgan fingerprint density at radius 3 is 2.90 bits per heavy atom. The molecule has 2 aromatic heterocycles. The summed E-state index contributed by atoms with van der Waals surface area (Å²) < 4.78 is 33.2. The molecule has 2 amide bonds. The summed E-state index contributed by atoms with van der Waals surface area (Å²) >= 11 is 0. The number of likely N-dealkylation sites (N-methyl/N-ethyl adjacent to an activating group) is 1. The highest BCUT2D eigenvalue weighted by molar-refractivity contribution is 6.00. The highest BCUT2D eigenvalue weighted by Gasteiger charge is 2.31. The van der Waals surface area contributed by atoms with E-state index in [-0.39, 0.29) is 18.2 Å². The Morgan fingerprint density at radius 1 is 1.27 bits per heavy atom. The number of nitrogens with one attached hydrogen (secondary N) is 1. The zero-order chi connectivity index (χ0) is 21.3. The molecule has 0 unspecified atom stereocenters. The van der Waals surface area contributed by atoms with Gasteiger partial charge in [0.2, 0.25) is 5.95 Å². The van der Waals surface area contributed by atoms with Gasteiger partial charge in [0.15, 0.2) is 0 Å². The van der Waals surface area contributed by atoms with Crippen LogP contribution in [0.15, 0.2) is 48.9 Å². The number of fused-ring (bicyclic) bond motifs is 1. The van der Waals surface area contributed by atoms with Gasteiger partial charge in [0.1, 0.15) is 29.9 Å². The largest absolute Gasteiger partial charge is 0.488 e. The smallest absolute Gasteiger partial charge is 0.342 e. The van der Waals surface area contributed by atoms with E-state index in [2.05, 4.69) is 15.4 Å². The molecule has 0 fully saturated rings. The third-order valence-electron chi connectivity index (χ3n) is 4.65. The van der Waals surface area contributed by atoms with Crippen LogP contribution >= 0.6 is 0 Å². The third-order valence-corrected chi connectivity index (χ3v) is 4.65. The van der Waals surface area contributed by atoms with Gasteiger partial charge in [0.05, 0.1) is 12.4 Å². The fourth-order valence-electron chi connectivity index (χ4n) is 3.13. The van der Waals surface area contributed by atoms with Crippen molar-refractivity contribution in [2.75, 3.05) is 18.6 Å². The van der Waals surface area contributed by atoms with Gasteiger partial charge in [0.25, 0.3) is 5.91 Å². The number of halogens is 2. The molecule has 1 N–H and O–H groups in total. The molecule has 30 heavy (non-hydrogen) atoms. The Labute approximate surface area is 170 Å². The van der Waals surface area contributed by atoms with E-state index in [1.807, 2.05) is 0 Å². The highest BCUT2D eigenvalue weighted by atomic mass is 19.1. The van der Waals surface area contributed by atoms with Gasteiger partial charge in [-0.3, -0.25) is 4.79 Å². The number of carbonyl (C=O) groups is 2. The first-order valence-corrected chi connectivity index (χ1v) is 9.05. The van der Waals surface area contributed by atoms with E-state index in [0.29, 0.717) is 17.7 Å². The number of hydrogen-bond acceptors (Lipinski definition) is 5. The first kappa shape index (κ1) is 19.5. The Morgan fingerprint density at radius 2 is 2.10 bits per heavy atom. The molecule has 1 aromatic carbocycles.